The molecule has 0 spiro atoms. The highest BCUT2D eigenvalue weighted by molar-refractivity contribution is 6.61. The predicted octanol–water partition coefficient (Wildman–Crippen LogP) is 0.335. The van der Waals surface area contributed by atoms with Crippen molar-refractivity contribution in [2.24, 2.45) is 0 Å². The van der Waals surface area contributed by atoms with Crippen molar-refractivity contribution in [2.75, 3.05) is 24.6 Å². The van der Waals surface area contributed by atoms with Crippen molar-refractivity contribution in [3.8, 4) is 0 Å². The topological polar surface area (TPSA) is 108 Å². The lowest BCUT2D eigenvalue weighted by Crippen LogP contribution is -2.52. The molecule has 0 aliphatic carbocycles. The molecule has 2 fully saturated rings. The second-order valence-electron chi connectivity index (χ2n) is 9.66. The lowest BCUT2D eigenvalue weighted by Gasteiger charge is -2.41. The Balaban J connectivity index is 1.68. The second kappa shape index (κ2) is 9.01. The molecule has 3 rings (SSSR count). The molecular weight excluding hydrogens is 399 g/mol. The zero-order valence-corrected chi connectivity index (χ0v) is 19.4. The Morgan fingerprint density at radius 2 is 1.71 bits per heavy atom. The Morgan fingerprint density at radius 3 is 2.16 bits per heavy atom. The molecule has 9 nitrogen and oxygen atoms in total. The summed E-state index contributed by atoms with van der Waals surface area (Å²) < 4.78 is 12.2. The summed E-state index contributed by atoms with van der Waals surface area (Å²) in [6.07, 6.45) is 3.66. The summed E-state index contributed by atoms with van der Waals surface area (Å²) in [7, 11) is -0.501. The van der Waals surface area contributed by atoms with Gasteiger partial charge in [0.2, 0.25) is 5.95 Å². The van der Waals surface area contributed by atoms with Gasteiger partial charge in [-0.05, 0) is 54.4 Å². The van der Waals surface area contributed by atoms with Crippen LogP contribution in [-0.2, 0) is 14.1 Å². The molecule has 10 heteroatoms. The first-order valence-corrected chi connectivity index (χ1v) is 11.0. The minimum Gasteiger partial charge on any atom is -0.399 e. The molecule has 0 saturated carbocycles. The smallest absolute Gasteiger partial charge is 0.399 e. The number of aliphatic hydroxyl groups is 2. The number of anilines is 1. The van der Waals surface area contributed by atoms with Gasteiger partial charge in [-0.25, -0.2) is 9.97 Å². The number of hydrogen-bond donors (Lipinski definition) is 2. The number of carbonyl (C=O) groups is 1. The average molecular weight is 434 g/mol. The summed E-state index contributed by atoms with van der Waals surface area (Å²) in [5, 5.41) is 18.6. The normalized spacial score (nSPS) is 22.1. The molecule has 0 aromatic carbocycles. The molecule has 1 aromatic heterocycles. The van der Waals surface area contributed by atoms with E-state index in [9.17, 15) is 9.90 Å². The molecule has 31 heavy (non-hydrogen) atoms. The van der Waals surface area contributed by atoms with Crippen molar-refractivity contribution < 1.29 is 24.3 Å². The number of piperidine rings is 1. The molecule has 0 unspecified atom stereocenters. The van der Waals surface area contributed by atoms with E-state index in [-0.39, 0.29) is 12.1 Å². The molecule has 1 amide bonds. The molecule has 2 aliphatic heterocycles. The Kier molecular flexibility index (Phi) is 6.95. The largest absolute Gasteiger partial charge is 0.498 e. The number of likely N-dealkylation sites (tertiary alicyclic amines) is 1. The molecule has 1 atom stereocenters. The highest BCUT2D eigenvalue weighted by atomic mass is 16.7. The van der Waals surface area contributed by atoms with Crippen LogP contribution in [0.25, 0.3) is 0 Å². The lowest BCUT2D eigenvalue weighted by molar-refractivity contribution is -0.143. The van der Waals surface area contributed by atoms with Crippen LogP contribution in [0.5, 0.6) is 0 Å². The van der Waals surface area contributed by atoms with Gasteiger partial charge in [0.05, 0.1) is 17.8 Å². The molecule has 0 radical (unpaired) electrons. The fraction of sp³-hybridized carbons (Fsp3) is 0.762. The zero-order valence-electron chi connectivity index (χ0n) is 19.4. The molecule has 0 bridgehead atoms. The van der Waals surface area contributed by atoms with Crippen molar-refractivity contribution in [2.45, 2.75) is 83.8 Å². The fourth-order valence-corrected chi connectivity index (χ4v) is 4.03. The molecular formula is C21H35BN4O5. The summed E-state index contributed by atoms with van der Waals surface area (Å²) in [5.74, 6) is 0.218. The zero-order chi connectivity index (χ0) is 23.0. The van der Waals surface area contributed by atoms with Crippen LogP contribution in [0.4, 0.5) is 5.95 Å². The summed E-state index contributed by atoms with van der Waals surface area (Å²) in [5.41, 5.74) is -0.0607. The van der Waals surface area contributed by atoms with Crippen LogP contribution in [0.3, 0.4) is 0 Å². The van der Waals surface area contributed by atoms with Crippen LogP contribution in [0, 0.1) is 0 Å². The van der Waals surface area contributed by atoms with Crippen LogP contribution in [0.1, 0.15) is 54.4 Å². The van der Waals surface area contributed by atoms with Gasteiger partial charge in [-0.15, -0.1) is 0 Å². The number of aliphatic hydroxyl groups excluding tert-OH is 2. The number of aromatic nitrogens is 2. The number of rotatable bonds is 6. The predicted molar refractivity (Wildman–Crippen MR) is 118 cm³/mol. The van der Waals surface area contributed by atoms with Gasteiger partial charge in [0.1, 0.15) is 0 Å². The minimum absolute atomic E-state index is 0.179. The van der Waals surface area contributed by atoms with Gasteiger partial charge in [-0.3, -0.25) is 4.79 Å². The average Bonchev–Trinajstić information content (AvgIpc) is 2.95. The van der Waals surface area contributed by atoms with Gasteiger partial charge in [0, 0.05) is 43.0 Å². The Morgan fingerprint density at radius 1 is 1.19 bits per heavy atom. The van der Waals surface area contributed by atoms with Crippen molar-refractivity contribution in [1.29, 1.82) is 0 Å². The van der Waals surface area contributed by atoms with Crippen molar-refractivity contribution >= 4 is 24.4 Å². The highest BCUT2D eigenvalue weighted by Gasteiger charge is 2.52. The van der Waals surface area contributed by atoms with Crippen LogP contribution >= 0.6 is 0 Å². The van der Waals surface area contributed by atoms with E-state index in [2.05, 4.69) is 28.7 Å². The maximum absolute atomic E-state index is 12.1. The van der Waals surface area contributed by atoms with Crippen LogP contribution in [0.15, 0.2) is 12.4 Å². The van der Waals surface area contributed by atoms with Gasteiger partial charge < -0.3 is 29.3 Å². The van der Waals surface area contributed by atoms with Gasteiger partial charge in [-0.1, -0.05) is 0 Å². The summed E-state index contributed by atoms with van der Waals surface area (Å²) in [4.78, 5) is 25.1. The maximum atomic E-state index is 12.1. The first kappa shape index (κ1) is 23.9. The first-order valence-electron chi connectivity index (χ1n) is 11.0. The summed E-state index contributed by atoms with van der Waals surface area (Å²) >= 11 is 0. The van der Waals surface area contributed by atoms with Crippen LogP contribution < -0.4 is 10.4 Å². The number of carbonyl (C=O) groups excluding carboxylic acids is 1. The minimum atomic E-state index is -1.34. The standard InChI is InChI=1S/C21H35BN4O5/c1-14(2)26(16-7-9-25(10-8-16)18(29)17(28)13-27)19-23-11-15(12-24-19)22-30-20(3,4)21(5,6)31-22/h11-12,14,16-17,27-28H,7-10,13H2,1-6H3/t17-/m0/s1. The third-order valence-electron chi connectivity index (χ3n) is 6.60. The molecule has 172 valence electrons. The molecule has 2 aliphatic rings. The third kappa shape index (κ3) is 4.87. The van der Waals surface area contributed by atoms with E-state index in [0.29, 0.717) is 19.0 Å². The first-order chi connectivity index (χ1) is 14.5. The molecule has 1 aromatic rings. The van der Waals surface area contributed by atoms with Gasteiger partial charge in [-0.2, -0.15) is 0 Å². The molecule has 2 saturated heterocycles. The third-order valence-corrected chi connectivity index (χ3v) is 6.60. The maximum Gasteiger partial charge on any atom is 0.498 e. The number of hydrogen-bond acceptors (Lipinski definition) is 8. The van der Waals surface area contributed by atoms with Gasteiger partial charge in [0.25, 0.3) is 5.91 Å². The Hall–Kier alpha value is -1.75. The lowest BCUT2D eigenvalue weighted by atomic mass is 9.81. The molecule has 3 heterocycles. The Bertz CT molecular complexity index is 750. The van der Waals surface area contributed by atoms with Gasteiger partial charge in [0.15, 0.2) is 6.10 Å². The van der Waals surface area contributed by atoms with Crippen LogP contribution in [0.2, 0.25) is 0 Å². The van der Waals surface area contributed by atoms with Crippen LogP contribution in [-0.4, -0.2) is 87.2 Å². The number of amides is 1. The van der Waals surface area contributed by atoms with Crippen molar-refractivity contribution in [3.63, 3.8) is 0 Å². The van der Waals surface area contributed by atoms with E-state index in [1.807, 2.05) is 27.7 Å². The van der Waals surface area contributed by atoms with E-state index < -0.39 is 36.9 Å². The second-order valence-corrected chi connectivity index (χ2v) is 9.66. The molecule has 2 N–H and O–H groups in total. The van der Waals surface area contributed by atoms with Gasteiger partial charge >= 0.3 is 7.12 Å². The van der Waals surface area contributed by atoms with E-state index in [4.69, 9.17) is 14.4 Å². The Labute approximate surface area is 184 Å². The van der Waals surface area contributed by atoms with E-state index >= 15 is 0 Å². The van der Waals surface area contributed by atoms with E-state index in [1.54, 1.807) is 17.3 Å². The monoisotopic (exact) mass is 434 g/mol. The summed E-state index contributed by atoms with van der Waals surface area (Å²) in [6.45, 7) is 12.7. The van der Waals surface area contributed by atoms with E-state index in [0.717, 1.165) is 18.3 Å². The van der Waals surface area contributed by atoms with Crippen molar-refractivity contribution in [1.82, 2.24) is 14.9 Å². The SMILES string of the molecule is CC(C)N(c1ncc(B2OC(C)(C)C(C)(C)O2)cn1)C1CCN(C(=O)[C@@H](O)CO)CC1. The fourth-order valence-electron chi connectivity index (χ4n) is 4.03. The van der Waals surface area contributed by atoms with E-state index in [1.165, 1.54) is 0 Å². The highest BCUT2D eigenvalue weighted by Crippen LogP contribution is 2.36. The number of nitrogens with zero attached hydrogens (tertiary/aromatic N) is 4. The summed E-state index contributed by atoms with van der Waals surface area (Å²) in [6, 6.07) is 0.357. The quantitative estimate of drug-likeness (QED) is 0.617. The van der Waals surface area contributed by atoms with Crippen molar-refractivity contribution in [3.05, 3.63) is 12.4 Å².